The molecule has 134 valence electrons. The van der Waals surface area contributed by atoms with Crippen LogP contribution in [0.5, 0.6) is 0 Å². The van der Waals surface area contributed by atoms with Gasteiger partial charge in [0.05, 0.1) is 26.4 Å². The molecule has 27 heavy (non-hydrogen) atoms. The number of nitro benzene ring substituents is 1. The molecule has 0 aliphatic carbocycles. The molecule has 0 spiro atoms. The summed E-state index contributed by atoms with van der Waals surface area (Å²) in [5.74, 6) is 0. The number of fused-ring (bicyclic) bond motifs is 1. The van der Waals surface area contributed by atoms with Gasteiger partial charge in [-0.1, -0.05) is 30.3 Å². The average Bonchev–Trinajstić information content (AvgIpc) is 3.19. The molecule has 4 rings (SSSR count). The van der Waals surface area contributed by atoms with Gasteiger partial charge in [0.25, 0.3) is 5.69 Å². The van der Waals surface area contributed by atoms with Crippen molar-refractivity contribution in [3.05, 3.63) is 79.6 Å². The summed E-state index contributed by atoms with van der Waals surface area (Å²) < 4.78 is 7.37. The number of aryl methyl sites for hydroxylation is 1. The monoisotopic (exact) mass is 379 g/mol. The van der Waals surface area contributed by atoms with Crippen LogP contribution in [0, 0.1) is 10.1 Å². The first-order valence-electron chi connectivity index (χ1n) is 8.02. The summed E-state index contributed by atoms with van der Waals surface area (Å²) in [4.78, 5) is 27.1. The van der Waals surface area contributed by atoms with E-state index in [-0.39, 0.29) is 5.69 Å². The second-order valence-corrected chi connectivity index (χ2v) is 6.86. The van der Waals surface area contributed by atoms with E-state index in [1.54, 1.807) is 25.3 Å². The maximum atomic E-state index is 12.2. The first-order valence-corrected chi connectivity index (χ1v) is 8.83. The highest BCUT2D eigenvalue weighted by Gasteiger charge is 2.15. The quantitative estimate of drug-likeness (QED) is 0.389. The number of hydrogen-bond acceptors (Lipinski definition) is 6. The van der Waals surface area contributed by atoms with Crippen molar-refractivity contribution in [2.24, 2.45) is 7.05 Å². The highest BCUT2D eigenvalue weighted by molar-refractivity contribution is 7.19. The molecule has 0 amide bonds. The van der Waals surface area contributed by atoms with E-state index in [2.05, 4.69) is 4.98 Å². The lowest BCUT2D eigenvalue weighted by Crippen LogP contribution is -1.96. The molecule has 0 radical (unpaired) electrons. The van der Waals surface area contributed by atoms with Gasteiger partial charge in [0.15, 0.2) is 0 Å². The van der Waals surface area contributed by atoms with Crippen LogP contribution in [0.25, 0.3) is 33.6 Å². The molecule has 0 saturated carbocycles. The summed E-state index contributed by atoms with van der Waals surface area (Å²) in [6.45, 7) is 0. The van der Waals surface area contributed by atoms with Crippen molar-refractivity contribution >= 4 is 39.4 Å². The van der Waals surface area contributed by atoms with E-state index in [0.717, 1.165) is 5.56 Å². The minimum Gasteiger partial charge on any atom is -0.335 e. The third kappa shape index (κ3) is 3.18. The predicted molar refractivity (Wildman–Crippen MR) is 105 cm³/mol. The average molecular weight is 379 g/mol. The predicted octanol–water partition coefficient (Wildman–Crippen LogP) is 4.33. The Morgan fingerprint density at radius 3 is 2.70 bits per heavy atom. The van der Waals surface area contributed by atoms with E-state index in [1.165, 1.54) is 28.2 Å². The van der Waals surface area contributed by atoms with E-state index in [0.29, 0.717) is 26.5 Å². The van der Waals surface area contributed by atoms with Crippen molar-refractivity contribution in [3.8, 4) is 11.3 Å². The lowest BCUT2D eigenvalue weighted by molar-refractivity contribution is -0.384. The van der Waals surface area contributed by atoms with Crippen LogP contribution in [-0.4, -0.2) is 14.6 Å². The molecule has 0 saturated heterocycles. The van der Waals surface area contributed by atoms with Crippen LogP contribution in [0.15, 0.2) is 57.8 Å². The van der Waals surface area contributed by atoms with Gasteiger partial charge >= 0.3 is 5.63 Å². The van der Waals surface area contributed by atoms with Gasteiger partial charge < -0.3 is 4.52 Å². The van der Waals surface area contributed by atoms with Crippen LogP contribution in [0.1, 0.15) is 10.6 Å². The molecule has 2 heterocycles. The molecule has 0 fully saturated rings. The molecular formula is C19H13N3O4S. The Bertz CT molecular complexity index is 1240. The van der Waals surface area contributed by atoms with E-state index in [1.807, 2.05) is 30.3 Å². The summed E-state index contributed by atoms with van der Waals surface area (Å²) in [6, 6.07) is 14.0. The molecule has 0 N–H and O–H groups in total. The molecule has 0 bridgehead atoms. The van der Waals surface area contributed by atoms with Crippen LogP contribution < -0.4 is 5.63 Å². The number of hydrogen-bond donors (Lipinski definition) is 0. The second-order valence-electron chi connectivity index (χ2n) is 5.80. The molecule has 0 atom stereocenters. The molecule has 2 aromatic carbocycles. The summed E-state index contributed by atoms with van der Waals surface area (Å²) in [5.41, 5.74) is 2.22. The Morgan fingerprint density at radius 2 is 1.96 bits per heavy atom. The van der Waals surface area contributed by atoms with Gasteiger partial charge in [0, 0.05) is 24.7 Å². The van der Waals surface area contributed by atoms with Crippen molar-refractivity contribution in [3.63, 3.8) is 0 Å². The maximum Gasteiger partial charge on any atom is 0.365 e. The van der Waals surface area contributed by atoms with Crippen LogP contribution in [-0.2, 0) is 7.05 Å². The zero-order chi connectivity index (χ0) is 19.0. The fourth-order valence-corrected chi connectivity index (χ4v) is 3.74. The Balaban J connectivity index is 1.75. The third-order valence-corrected chi connectivity index (χ3v) is 5.03. The number of benzene rings is 2. The first-order chi connectivity index (χ1) is 13.0. The zero-order valence-corrected chi connectivity index (χ0v) is 15.0. The van der Waals surface area contributed by atoms with E-state index in [9.17, 15) is 14.9 Å². The van der Waals surface area contributed by atoms with Gasteiger partial charge in [0.2, 0.25) is 0 Å². The number of non-ortho nitro benzene ring substituents is 1. The van der Waals surface area contributed by atoms with Crippen molar-refractivity contribution in [2.75, 3.05) is 0 Å². The lowest BCUT2D eigenvalue weighted by Gasteiger charge is -2.01. The number of nitro groups is 1. The molecule has 7 nitrogen and oxygen atoms in total. The second kappa shape index (κ2) is 6.65. The zero-order valence-electron chi connectivity index (χ0n) is 14.2. The van der Waals surface area contributed by atoms with Crippen molar-refractivity contribution in [2.45, 2.75) is 0 Å². The summed E-state index contributed by atoms with van der Waals surface area (Å²) in [7, 11) is 1.68. The highest BCUT2D eigenvalue weighted by atomic mass is 32.1. The Kier molecular flexibility index (Phi) is 4.17. The summed E-state index contributed by atoms with van der Waals surface area (Å²) >= 11 is 1.32. The lowest BCUT2D eigenvalue weighted by atomic mass is 10.1. The number of rotatable bonds is 4. The van der Waals surface area contributed by atoms with Gasteiger partial charge in [-0.25, -0.2) is 14.5 Å². The van der Waals surface area contributed by atoms with E-state index >= 15 is 0 Å². The Hall–Kier alpha value is -3.52. The van der Waals surface area contributed by atoms with E-state index < -0.39 is 10.5 Å². The Labute approximate surface area is 156 Å². The van der Waals surface area contributed by atoms with Crippen molar-refractivity contribution < 1.29 is 9.45 Å². The number of aromatic nitrogens is 2. The molecule has 0 aliphatic rings. The maximum absolute atomic E-state index is 12.2. The Morgan fingerprint density at radius 1 is 1.19 bits per heavy atom. The number of thiazole rings is 1. The molecule has 4 aromatic rings. The minimum absolute atomic E-state index is 0.0248. The van der Waals surface area contributed by atoms with Crippen LogP contribution >= 0.6 is 11.3 Å². The van der Waals surface area contributed by atoms with Gasteiger partial charge in [-0.05, 0) is 18.2 Å². The van der Waals surface area contributed by atoms with Crippen LogP contribution in [0.4, 0.5) is 5.69 Å². The van der Waals surface area contributed by atoms with Gasteiger partial charge in [-0.2, -0.15) is 0 Å². The van der Waals surface area contributed by atoms with Crippen molar-refractivity contribution in [1.82, 2.24) is 9.72 Å². The molecule has 2 aromatic heterocycles. The van der Waals surface area contributed by atoms with Crippen molar-refractivity contribution in [1.29, 1.82) is 0 Å². The fraction of sp³-hybridized carbons (Fsp3) is 0.0526. The van der Waals surface area contributed by atoms with Gasteiger partial charge in [-0.3, -0.25) is 10.1 Å². The van der Waals surface area contributed by atoms with Gasteiger partial charge in [0.1, 0.15) is 5.01 Å². The molecule has 0 unspecified atom stereocenters. The standard InChI is InChI=1S/C19H13N3O4S/c1-21-18(12-5-3-2-4-6-12)14(19(23)26-21)8-10-17-20-15-9-7-13(22(24)25)11-16(15)27-17/h2-11H,1H3. The molecule has 0 aliphatic heterocycles. The smallest absolute Gasteiger partial charge is 0.335 e. The summed E-state index contributed by atoms with van der Waals surface area (Å²) in [6.07, 6.45) is 3.38. The first kappa shape index (κ1) is 16.9. The third-order valence-electron chi connectivity index (χ3n) is 4.05. The van der Waals surface area contributed by atoms with E-state index in [4.69, 9.17) is 4.52 Å². The topological polar surface area (TPSA) is 91.2 Å². The SMILES string of the molecule is Cn1oc(=O)c(C=Cc2nc3ccc([N+](=O)[O-])cc3s2)c1-c1ccccc1. The minimum atomic E-state index is -0.440. The fourth-order valence-electron chi connectivity index (χ4n) is 2.84. The van der Waals surface area contributed by atoms with Gasteiger partial charge in [-0.15, -0.1) is 11.3 Å². The van der Waals surface area contributed by atoms with Crippen LogP contribution in [0.2, 0.25) is 0 Å². The highest BCUT2D eigenvalue weighted by Crippen LogP contribution is 2.28. The normalized spacial score (nSPS) is 11.4. The van der Waals surface area contributed by atoms with Crippen LogP contribution in [0.3, 0.4) is 0 Å². The largest absolute Gasteiger partial charge is 0.365 e. The number of nitrogens with zero attached hydrogens (tertiary/aromatic N) is 3. The molecule has 8 heteroatoms. The summed E-state index contributed by atoms with van der Waals surface area (Å²) in [5, 5.41) is 11.5. The molecular weight excluding hydrogens is 366 g/mol.